The van der Waals surface area contributed by atoms with Gasteiger partial charge >= 0.3 is 0 Å². The lowest BCUT2D eigenvalue weighted by Gasteiger charge is -2.30. The Morgan fingerprint density at radius 3 is 2.30 bits per heavy atom. The van der Waals surface area contributed by atoms with Gasteiger partial charge in [-0.3, -0.25) is 5.01 Å². The van der Waals surface area contributed by atoms with Gasteiger partial charge in [-0.15, -0.1) is 0 Å². The molecule has 2 aromatic rings. The van der Waals surface area contributed by atoms with Crippen molar-refractivity contribution in [3.05, 3.63) is 94.7 Å². The molecule has 0 fully saturated rings. The predicted octanol–water partition coefficient (Wildman–Crippen LogP) is 8.65. The highest BCUT2D eigenvalue weighted by Gasteiger charge is 2.41. The largest absolute Gasteiger partial charge is 0.288 e. The van der Waals surface area contributed by atoms with E-state index >= 15 is 0 Å². The normalized spacial score (nSPS) is 16.6. The van der Waals surface area contributed by atoms with Crippen LogP contribution in [0.3, 0.4) is 0 Å². The third-order valence-electron chi connectivity index (χ3n) is 5.91. The van der Waals surface area contributed by atoms with Crippen molar-refractivity contribution in [3.63, 3.8) is 0 Å². The summed E-state index contributed by atoms with van der Waals surface area (Å²) in [6.45, 7) is 11.3. The molecule has 2 aromatic carbocycles. The minimum absolute atomic E-state index is 0.259. The van der Waals surface area contributed by atoms with E-state index < -0.39 is 5.92 Å². The van der Waals surface area contributed by atoms with Crippen LogP contribution in [0.25, 0.3) is 11.1 Å². The highest BCUT2D eigenvalue weighted by Crippen LogP contribution is 2.38. The summed E-state index contributed by atoms with van der Waals surface area (Å²) in [4.78, 5) is 0. The van der Waals surface area contributed by atoms with Gasteiger partial charge in [0.15, 0.2) is 0 Å². The van der Waals surface area contributed by atoms with Crippen molar-refractivity contribution in [2.45, 2.75) is 58.9 Å². The summed E-state index contributed by atoms with van der Waals surface area (Å²) >= 11 is 6.08. The lowest BCUT2D eigenvalue weighted by molar-refractivity contribution is 0.00515. The zero-order valence-corrected chi connectivity index (χ0v) is 20.5. The highest BCUT2D eigenvalue weighted by atomic mass is 35.5. The van der Waals surface area contributed by atoms with Crippen LogP contribution in [0.5, 0.6) is 0 Å². The Bertz CT molecular complexity index is 1090. The summed E-state index contributed by atoms with van der Waals surface area (Å²) in [7, 11) is 0. The number of hydrogen-bond acceptors (Lipinski definition) is 2. The van der Waals surface area contributed by atoms with Crippen molar-refractivity contribution in [3.8, 4) is 11.1 Å². The summed E-state index contributed by atoms with van der Waals surface area (Å²) in [5.41, 5.74) is 5.64. The van der Waals surface area contributed by atoms with Gasteiger partial charge in [-0.1, -0.05) is 86.2 Å². The van der Waals surface area contributed by atoms with Crippen molar-refractivity contribution in [2.24, 2.45) is 5.10 Å². The number of hydrogen-bond donors (Lipinski definition) is 0. The Kier molecular flexibility index (Phi) is 7.91. The lowest BCUT2D eigenvalue weighted by atomic mass is 9.91. The molecule has 3 rings (SSSR count). The van der Waals surface area contributed by atoms with Crippen LogP contribution in [-0.2, 0) is 0 Å². The van der Waals surface area contributed by atoms with Gasteiger partial charge in [-0.25, -0.2) is 0 Å². The van der Waals surface area contributed by atoms with E-state index in [1.54, 1.807) is 0 Å². The molecule has 1 unspecified atom stereocenters. The van der Waals surface area contributed by atoms with Gasteiger partial charge in [-0.05, 0) is 49.1 Å². The van der Waals surface area contributed by atoms with Crippen LogP contribution in [0.2, 0.25) is 5.02 Å². The molecule has 0 saturated carbocycles. The van der Waals surface area contributed by atoms with Crippen LogP contribution < -0.4 is 0 Å². The molecule has 1 aliphatic heterocycles. The first-order chi connectivity index (χ1) is 15.7. The number of benzene rings is 2. The number of halogens is 3. The molecule has 1 atom stereocenters. The van der Waals surface area contributed by atoms with Crippen molar-refractivity contribution in [1.29, 1.82) is 0 Å². The summed E-state index contributed by atoms with van der Waals surface area (Å²) in [6, 6.07) is 15.2. The summed E-state index contributed by atoms with van der Waals surface area (Å²) in [5.74, 6) is -3.03. The first kappa shape index (κ1) is 24.9. The number of alkyl halides is 2. The first-order valence-electron chi connectivity index (χ1n) is 11.3. The molecule has 0 radical (unpaired) electrons. The van der Waals surface area contributed by atoms with Crippen molar-refractivity contribution < 1.29 is 8.78 Å². The molecule has 0 spiro atoms. The molecule has 0 saturated heterocycles. The van der Waals surface area contributed by atoms with Gasteiger partial charge in [0.25, 0.3) is 5.92 Å². The second-order valence-electron chi connectivity index (χ2n) is 8.51. The number of hydrazone groups is 1. The maximum atomic E-state index is 14.7. The minimum Gasteiger partial charge on any atom is -0.256 e. The molecule has 5 heteroatoms. The number of allylic oxidation sites excluding steroid dienone is 4. The molecular weight excluding hydrogens is 438 g/mol. The fraction of sp³-hybridized carbons (Fsp3) is 0.321. The van der Waals surface area contributed by atoms with Crippen LogP contribution in [0, 0.1) is 0 Å². The molecule has 0 aliphatic carbocycles. The van der Waals surface area contributed by atoms with E-state index in [0.717, 1.165) is 40.0 Å². The van der Waals surface area contributed by atoms with E-state index in [4.69, 9.17) is 16.7 Å². The Hall–Kier alpha value is -2.72. The fourth-order valence-electron chi connectivity index (χ4n) is 3.94. The Morgan fingerprint density at radius 2 is 1.73 bits per heavy atom. The second-order valence-corrected chi connectivity index (χ2v) is 8.94. The maximum Gasteiger partial charge on any atom is 0.288 e. The van der Waals surface area contributed by atoms with E-state index in [1.165, 1.54) is 11.9 Å². The molecule has 1 heterocycles. The molecular formula is C28H31ClF2N2. The standard InChI is InChI=1S/C28H31ClF2N2/c1-6-21(13-12-19(3)4)27-18-26(32-33(27)20(5)28(30,31)7-2)25-11-9-8-10-24(25)22-14-16-23(29)17-15-22/h8-17,27H,5-7,18H2,1-4H3/b21-13+. The topological polar surface area (TPSA) is 15.6 Å². The smallest absolute Gasteiger partial charge is 0.256 e. The molecule has 174 valence electrons. The highest BCUT2D eigenvalue weighted by molar-refractivity contribution is 6.30. The van der Waals surface area contributed by atoms with Crippen LogP contribution in [-0.4, -0.2) is 22.7 Å². The molecule has 0 N–H and O–H groups in total. The van der Waals surface area contributed by atoms with Gasteiger partial charge in [0.05, 0.1) is 17.5 Å². The van der Waals surface area contributed by atoms with E-state index in [0.29, 0.717) is 11.4 Å². The Balaban J connectivity index is 2.10. The van der Waals surface area contributed by atoms with Gasteiger partial charge < -0.3 is 0 Å². The summed E-state index contributed by atoms with van der Waals surface area (Å²) in [5, 5.41) is 6.85. The number of nitrogens with zero attached hydrogens (tertiary/aromatic N) is 2. The Labute approximate surface area is 201 Å². The van der Waals surface area contributed by atoms with Crippen molar-refractivity contribution in [2.75, 3.05) is 0 Å². The molecule has 33 heavy (non-hydrogen) atoms. The van der Waals surface area contributed by atoms with Crippen molar-refractivity contribution in [1.82, 2.24) is 5.01 Å². The average Bonchev–Trinajstić information content (AvgIpc) is 3.24. The quantitative estimate of drug-likeness (QED) is 0.354. The van der Waals surface area contributed by atoms with Gasteiger partial charge in [-0.2, -0.15) is 13.9 Å². The maximum absolute atomic E-state index is 14.7. The zero-order chi connectivity index (χ0) is 24.2. The molecule has 2 nitrogen and oxygen atoms in total. The molecule has 0 bridgehead atoms. The molecule has 1 aliphatic rings. The van der Waals surface area contributed by atoms with E-state index in [9.17, 15) is 8.78 Å². The monoisotopic (exact) mass is 468 g/mol. The van der Waals surface area contributed by atoms with Crippen LogP contribution >= 0.6 is 11.6 Å². The van der Waals surface area contributed by atoms with E-state index in [-0.39, 0.29) is 18.2 Å². The minimum atomic E-state index is -3.03. The predicted molar refractivity (Wildman–Crippen MR) is 136 cm³/mol. The Morgan fingerprint density at radius 1 is 1.09 bits per heavy atom. The summed E-state index contributed by atoms with van der Waals surface area (Å²) in [6.07, 6.45) is 5.00. The van der Waals surface area contributed by atoms with Gasteiger partial charge in [0, 0.05) is 23.4 Å². The SMILES string of the molecule is C=C(N1N=C(c2ccccc2-c2ccc(Cl)cc2)CC1/C(=C/C=C(C)C)CC)C(F)(F)CC. The lowest BCUT2D eigenvalue weighted by Crippen LogP contribution is -2.35. The van der Waals surface area contributed by atoms with Crippen LogP contribution in [0.4, 0.5) is 8.78 Å². The van der Waals surface area contributed by atoms with E-state index in [2.05, 4.69) is 6.58 Å². The zero-order valence-electron chi connectivity index (χ0n) is 19.7. The number of rotatable bonds is 8. The molecule has 0 amide bonds. The van der Waals surface area contributed by atoms with Crippen molar-refractivity contribution >= 4 is 17.3 Å². The van der Waals surface area contributed by atoms with Crippen LogP contribution in [0.1, 0.15) is 52.5 Å². The van der Waals surface area contributed by atoms with E-state index in [1.807, 2.05) is 81.5 Å². The van der Waals surface area contributed by atoms with Crippen LogP contribution in [0.15, 0.2) is 89.2 Å². The first-order valence-corrected chi connectivity index (χ1v) is 11.7. The summed E-state index contributed by atoms with van der Waals surface area (Å²) < 4.78 is 29.4. The third-order valence-corrected chi connectivity index (χ3v) is 6.17. The molecule has 0 aromatic heterocycles. The third kappa shape index (κ3) is 5.62. The van der Waals surface area contributed by atoms with Gasteiger partial charge in [0.2, 0.25) is 0 Å². The average molecular weight is 469 g/mol. The van der Waals surface area contributed by atoms with Gasteiger partial charge in [0.1, 0.15) is 0 Å². The fourth-order valence-corrected chi connectivity index (χ4v) is 4.06. The second kappa shape index (κ2) is 10.5.